The Bertz CT molecular complexity index is 303. The molecule has 1 amide bonds. The molecule has 0 aliphatic heterocycles. The normalized spacial score (nSPS) is 9.73. The molecule has 0 spiro atoms. The van der Waals surface area contributed by atoms with Crippen LogP contribution in [0.5, 0.6) is 0 Å². The molecule has 0 unspecified atom stereocenters. The molecule has 0 radical (unpaired) electrons. The lowest BCUT2D eigenvalue weighted by atomic mass is 10.2. The van der Waals surface area contributed by atoms with Gasteiger partial charge in [0.2, 0.25) is 0 Å². The highest BCUT2D eigenvalue weighted by molar-refractivity contribution is 5.67. The number of rotatable bonds is 4. The van der Waals surface area contributed by atoms with Gasteiger partial charge in [0.1, 0.15) is 6.61 Å². The summed E-state index contributed by atoms with van der Waals surface area (Å²) in [5, 5.41) is 8.48. The van der Waals surface area contributed by atoms with Crippen LogP contribution in [-0.4, -0.2) is 41.3 Å². The number of aliphatic hydroxyl groups excluding tert-OH is 1. The van der Waals surface area contributed by atoms with Gasteiger partial charge in [-0.15, -0.1) is 0 Å². The molecule has 82 valence electrons. The molecule has 0 fully saturated rings. The number of ether oxygens (including phenoxy) is 1. The molecule has 1 aromatic rings. The van der Waals surface area contributed by atoms with E-state index in [4.69, 9.17) is 9.84 Å². The van der Waals surface area contributed by atoms with Crippen LogP contribution in [0.4, 0.5) is 4.79 Å². The summed E-state index contributed by atoms with van der Waals surface area (Å²) in [6.45, 7) is 0.334. The van der Waals surface area contributed by atoms with E-state index in [1.807, 2.05) is 12.1 Å². The molecule has 0 aromatic carbocycles. The van der Waals surface area contributed by atoms with E-state index < -0.39 is 6.09 Å². The van der Waals surface area contributed by atoms with E-state index >= 15 is 0 Å². The molecule has 1 N–H and O–H groups in total. The highest BCUT2D eigenvalue weighted by Crippen LogP contribution is 2.02. The Balaban J connectivity index is 2.41. The number of hydrogen-bond acceptors (Lipinski definition) is 4. The zero-order valence-corrected chi connectivity index (χ0v) is 8.59. The number of nitrogens with zero attached hydrogens (tertiary/aromatic N) is 2. The standard InChI is InChI=1S/C10H14N2O3/c1-12(10(14)15-7-6-13)8-9-2-4-11-5-3-9/h2-5,13H,6-8H2,1H3. The van der Waals surface area contributed by atoms with Crippen molar-refractivity contribution in [1.29, 1.82) is 0 Å². The van der Waals surface area contributed by atoms with Crippen molar-refractivity contribution in [2.24, 2.45) is 0 Å². The van der Waals surface area contributed by atoms with E-state index in [1.165, 1.54) is 4.90 Å². The largest absolute Gasteiger partial charge is 0.447 e. The minimum Gasteiger partial charge on any atom is -0.447 e. The first-order chi connectivity index (χ1) is 7.24. The van der Waals surface area contributed by atoms with Crippen molar-refractivity contribution in [2.75, 3.05) is 20.3 Å². The summed E-state index contributed by atoms with van der Waals surface area (Å²) in [5.74, 6) is 0. The maximum Gasteiger partial charge on any atom is 0.409 e. The van der Waals surface area contributed by atoms with Gasteiger partial charge in [0.25, 0.3) is 0 Å². The fraction of sp³-hybridized carbons (Fsp3) is 0.400. The van der Waals surface area contributed by atoms with E-state index in [9.17, 15) is 4.79 Å². The van der Waals surface area contributed by atoms with Gasteiger partial charge in [0.05, 0.1) is 6.61 Å². The lowest BCUT2D eigenvalue weighted by molar-refractivity contribution is 0.0893. The first kappa shape index (κ1) is 11.5. The van der Waals surface area contributed by atoms with E-state index in [-0.39, 0.29) is 13.2 Å². The Morgan fingerprint density at radius 3 is 2.80 bits per heavy atom. The minimum absolute atomic E-state index is 0.0273. The molecule has 1 heterocycles. The van der Waals surface area contributed by atoms with Gasteiger partial charge >= 0.3 is 6.09 Å². The summed E-state index contributed by atoms with van der Waals surface area (Å²) in [5.41, 5.74) is 0.980. The van der Waals surface area contributed by atoms with Crippen molar-refractivity contribution in [3.05, 3.63) is 30.1 Å². The molecule has 5 heteroatoms. The van der Waals surface area contributed by atoms with Gasteiger partial charge in [-0.3, -0.25) is 4.98 Å². The van der Waals surface area contributed by atoms with Gasteiger partial charge in [-0.25, -0.2) is 4.79 Å². The average molecular weight is 210 g/mol. The Morgan fingerprint density at radius 1 is 1.53 bits per heavy atom. The zero-order valence-electron chi connectivity index (χ0n) is 8.59. The smallest absolute Gasteiger partial charge is 0.409 e. The second-order valence-corrected chi connectivity index (χ2v) is 3.05. The van der Waals surface area contributed by atoms with Crippen LogP contribution in [-0.2, 0) is 11.3 Å². The fourth-order valence-electron chi connectivity index (χ4n) is 1.07. The molecule has 0 saturated carbocycles. The van der Waals surface area contributed by atoms with Crippen LogP contribution in [0, 0.1) is 0 Å². The third-order valence-electron chi connectivity index (χ3n) is 1.80. The number of aliphatic hydroxyl groups is 1. The summed E-state index contributed by atoms with van der Waals surface area (Å²) >= 11 is 0. The van der Waals surface area contributed by atoms with Crippen LogP contribution < -0.4 is 0 Å². The highest BCUT2D eigenvalue weighted by atomic mass is 16.6. The van der Waals surface area contributed by atoms with Crippen molar-refractivity contribution in [2.45, 2.75) is 6.54 Å². The van der Waals surface area contributed by atoms with Crippen LogP contribution in [0.3, 0.4) is 0 Å². The van der Waals surface area contributed by atoms with E-state index in [0.717, 1.165) is 5.56 Å². The Hall–Kier alpha value is -1.62. The van der Waals surface area contributed by atoms with Gasteiger partial charge < -0.3 is 14.7 Å². The zero-order chi connectivity index (χ0) is 11.1. The second-order valence-electron chi connectivity index (χ2n) is 3.05. The maximum absolute atomic E-state index is 11.3. The summed E-state index contributed by atoms with van der Waals surface area (Å²) in [7, 11) is 1.64. The van der Waals surface area contributed by atoms with Crippen molar-refractivity contribution < 1.29 is 14.6 Å². The fourth-order valence-corrected chi connectivity index (χ4v) is 1.07. The second kappa shape index (κ2) is 5.98. The Kier molecular flexibility index (Phi) is 4.56. The SMILES string of the molecule is CN(Cc1ccncc1)C(=O)OCCO. The molecule has 0 atom stereocenters. The van der Waals surface area contributed by atoms with Crippen molar-refractivity contribution >= 4 is 6.09 Å². The van der Waals surface area contributed by atoms with Crippen LogP contribution >= 0.6 is 0 Å². The third kappa shape index (κ3) is 3.95. The van der Waals surface area contributed by atoms with Crippen molar-refractivity contribution in [3.8, 4) is 0 Å². The average Bonchev–Trinajstić information content (AvgIpc) is 2.27. The topological polar surface area (TPSA) is 62.7 Å². The Morgan fingerprint density at radius 2 is 2.20 bits per heavy atom. The first-order valence-corrected chi connectivity index (χ1v) is 4.61. The summed E-state index contributed by atoms with van der Waals surface area (Å²) in [6, 6.07) is 3.66. The quantitative estimate of drug-likeness (QED) is 0.792. The molecule has 1 rings (SSSR count). The first-order valence-electron chi connectivity index (χ1n) is 4.61. The number of carbonyl (C=O) groups excluding carboxylic acids is 1. The monoisotopic (exact) mass is 210 g/mol. The molecule has 15 heavy (non-hydrogen) atoms. The van der Waals surface area contributed by atoms with E-state index in [0.29, 0.717) is 6.54 Å². The predicted molar refractivity (Wildman–Crippen MR) is 54.1 cm³/mol. The van der Waals surface area contributed by atoms with Crippen molar-refractivity contribution in [3.63, 3.8) is 0 Å². The Labute approximate surface area is 88.3 Å². The van der Waals surface area contributed by atoms with Gasteiger partial charge in [0, 0.05) is 26.0 Å². The number of aromatic nitrogens is 1. The molecule has 0 bridgehead atoms. The van der Waals surface area contributed by atoms with Gasteiger partial charge in [-0.05, 0) is 17.7 Å². The summed E-state index contributed by atoms with van der Waals surface area (Å²) in [6.07, 6.45) is 2.89. The van der Waals surface area contributed by atoms with Gasteiger partial charge in [-0.1, -0.05) is 0 Å². The molecule has 0 saturated heterocycles. The third-order valence-corrected chi connectivity index (χ3v) is 1.80. The summed E-state index contributed by atoms with van der Waals surface area (Å²) in [4.78, 5) is 16.6. The molecular weight excluding hydrogens is 196 g/mol. The molecule has 1 aromatic heterocycles. The highest BCUT2D eigenvalue weighted by Gasteiger charge is 2.09. The minimum atomic E-state index is -0.444. The van der Waals surface area contributed by atoms with Gasteiger partial charge in [0.15, 0.2) is 0 Å². The van der Waals surface area contributed by atoms with Crippen LogP contribution in [0.1, 0.15) is 5.56 Å². The van der Waals surface area contributed by atoms with Crippen molar-refractivity contribution in [1.82, 2.24) is 9.88 Å². The predicted octanol–water partition coefficient (Wildman–Crippen LogP) is 0.642. The lowest BCUT2D eigenvalue weighted by Gasteiger charge is -2.16. The van der Waals surface area contributed by atoms with E-state index in [1.54, 1.807) is 19.4 Å². The number of amides is 1. The number of carbonyl (C=O) groups is 1. The van der Waals surface area contributed by atoms with Crippen LogP contribution in [0.25, 0.3) is 0 Å². The van der Waals surface area contributed by atoms with Crippen LogP contribution in [0.2, 0.25) is 0 Å². The molecular formula is C10H14N2O3. The van der Waals surface area contributed by atoms with E-state index in [2.05, 4.69) is 4.98 Å². The lowest BCUT2D eigenvalue weighted by Crippen LogP contribution is -2.27. The number of hydrogen-bond donors (Lipinski definition) is 1. The molecule has 0 aliphatic carbocycles. The molecule has 5 nitrogen and oxygen atoms in total. The summed E-state index contributed by atoms with van der Waals surface area (Å²) < 4.78 is 4.75. The maximum atomic E-state index is 11.3. The number of pyridine rings is 1. The van der Waals surface area contributed by atoms with Crippen LogP contribution in [0.15, 0.2) is 24.5 Å². The molecule has 0 aliphatic rings. The van der Waals surface area contributed by atoms with Gasteiger partial charge in [-0.2, -0.15) is 0 Å².